The van der Waals surface area contributed by atoms with Gasteiger partial charge in [-0.25, -0.2) is 15.0 Å². The Labute approximate surface area is 513 Å². The highest BCUT2D eigenvalue weighted by Crippen LogP contribution is 2.43. The molecule has 17 aromatic rings. The summed E-state index contributed by atoms with van der Waals surface area (Å²) in [6.07, 6.45) is 0.823. The van der Waals surface area contributed by atoms with Crippen LogP contribution in [0.15, 0.2) is 285 Å². The number of hydrogen-bond donors (Lipinski definition) is 1. The minimum absolute atomic E-state index is 0.692. The SMILES string of the molecule is Brc1cc2cc3ccccc3nc2c2ccccc12.Nc1ccc(Br)c2ccccc12.O=Cc1ccccc1Br.c1ccc(-c2nc3cc(-c4cc5cc6ccccc6nc5c5ccccc45)ccc3c3c2ccc2c4ccccc4oc23)cc1. The maximum Gasteiger partial charge on any atom is 0.151 e. The molecule has 0 unspecified atom stereocenters. The van der Waals surface area contributed by atoms with Gasteiger partial charge in [-0.15, -0.1) is 0 Å². The van der Waals surface area contributed by atoms with Crippen molar-refractivity contribution in [1.29, 1.82) is 0 Å². The number of nitrogens with two attached hydrogens (primary N) is 1. The molecule has 0 atom stereocenters. The van der Waals surface area contributed by atoms with E-state index < -0.39 is 0 Å². The average Bonchev–Trinajstić information content (AvgIpc) is 2.06. The Morgan fingerprint density at radius 2 is 0.894 bits per heavy atom. The number of nitrogen functional groups attached to an aromatic ring is 1. The first-order valence-corrected chi connectivity index (χ1v) is 30.1. The summed E-state index contributed by atoms with van der Waals surface area (Å²) in [5, 5.41) is 17.1. The van der Waals surface area contributed by atoms with Crippen LogP contribution in [0.2, 0.25) is 0 Å². The molecule has 17 rings (SSSR count). The zero-order valence-corrected chi connectivity index (χ0v) is 50.1. The Bertz CT molecular complexity index is 5430. The molecule has 9 heteroatoms. The van der Waals surface area contributed by atoms with Crippen LogP contribution in [0.1, 0.15) is 10.4 Å². The van der Waals surface area contributed by atoms with E-state index >= 15 is 0 Å². The third-order valence-electron chi connectivity index (χ3n) is 15.6. The number of nitrogens with zero attached hydrogens (tertiary/aromatic N) is 3. The van der Waals surface area contributed by atoms with E-state index in [-0.39, 0.29) is 0 Å². The van der Waals surface area contributed by atoms with Crippen molar-refractivity contribution in [3.63, 3.8) is 0 Å². The monoisotopic (exact) mass is 1280 g/mol. The van der Waals surface area contributed by atoms with E-state index in [0.717, 1.165) is 135 Å². The summed E-state index contributed by atoms with van der Waals surface area (Å²) in [5.74, 6) is 0. The maximum absolute atomic E-state index is 10.2. The van der Waals surface area contributed by atoms with Gasteiger partial charge in [0.1, 0.15) is 11.2 Å². The molecule has 13 aromatic carbocycles. The van der Waals surface area contributed by atoms with Gasteiger partial charge in [0, 0.05) is 94.9 Å². The first kappa shape index (κ1) is 53.4. The van der Waals surface area contributed by atoms with E-state index in [4.69, 9.17) is 25.1 Å². The fourth-order valence-corrected chi connectivity index (χ4v) is 13.0. The number of rotatable bonds is 3. The van der Waals surface area contributed by atoms with Crippen LogP contribution >= 0.6 is 47.8 Å². The number of para-hydroxylation sites is 3. The van der Waals surface area contributed by atoms with Crippen molar-refractivity contribution >= 4 is 179 Å². The number of carbonyl (C=O) groups excluding carboxylic acids is 1. The van der Waals surface area contributed by atoms with Crippen molar-refractivity contribution in [2.45, 2.75) is 0 Å². The molecule has 404 valence electrons. The van der Waals surface area contributed by atoms with Gasteiger partial charge in [0.15, 0.2) is 6.29 Å². The molecule has 0 aliphatic carbocycles. The van der Waals surface area contributed by atoms with Crippen LogP contribution in [0, 0.1) is 0 Å². The Balaban J connectivity index is 0.000000129. The van der Waals surface area contributed by atoms with E-state index in [1.54, 1.807) is 6.07 Å². The number of pyridine rings is 3. The van der Waals surface area contributed by atoms with Crippen LogP contribution < -0.4 is 5.73 Å². The molecule has 0 aliphatic rings. The first-order chi connectivity index (χ1) is 41.8. The van der Waals surface area contributed by atoms with Crippen LogP contribution in [-0.2, 0) is 0 Å². The summed E-state index contributed by atoms with van der Waals surface area (Å²) in [5.41, 5.74) is 18.5. The Kier molecular flexibility index (Phi) is 14.3. The molecular formula is C76H47Br3N4O2. The highest BCUT2D eigenvalue weighted by atomic mass is 79.9. The Morgan fingerprint density at radius 3 is 1.56 bits per heavy atom. The first-order valence-electron chi connectivity index (χ1n) is 27.7. The van der Waals surface area contributed by atoms with Crippen molar-refractivity contribution in [1.82, 2.24) is 15.0 Å². The van der Waals surface area contributed by atoms with Crippen molar-refractivity contribution in [2.75, 3.05) is 5.73 Å². The molecular weight excluding hydrogens is 1240 g/mol. The minimum Gasteiger partial charge on any atom is -0.455 e. The van der Waals surface area contributed by atoms with E-state index in [9.17, 15) is 4.79 Å². The number of aromatic nitrogens is 3. The van der Waals surface area contributed by atoms with Gasteiger partial charge in [-0.2, -0.15) is 0 Å². The second kappa shape index (κ2) is 22.8. The molecule has 0 saturated carbocycles. The third kappa shape index (κ3) is 10.1. The largest absolute Gasteiger partial charge is 0.455 e. The summed E-state index contributed by atoms with van der Waals surface area (Å²) in [6, 6.07) is 91.5. The number of hydrogen-bond acceptors (Lipinski definition) is 6. The van der Waals surface area contributed by atoms with E-state index in [1.165, 1.54) is 32.5 Å². The standard InChI is InChI=1S/C42H24N2O.C17H10BrN.C10H8BrN.C7H5BrO/c1-2-10-25(11-3-1)40-34-21-20-32-30-14-7-9-17-38(30)45-42(32)39(34)33-19-18-26(24-37(33)44-40)35-23-28-22-27-12-4-8-16-36(27)43-41(28)31-15-6-5-13-29(31)35;18-15-10-12-9-11-5-1-4-8-16(11)19-17(12)14-7-3-2-6-13(14)15;11-9-5-6-10(12)8-4-2-1-3-7(8)9;8-7-4-2-1-3-6(7)5-9/h1-24H;1-10H;1-6H,12H2;1-5H. The summed E-state index contributed by atoms with van der Waals surface area (Å²) in [7, 11) is 0. The average molecular weight is 1290 g/mol. The van der Waals surface area contributed by atoms with Gasteiger partial charge in [0.25, 0.3) is 0 Å². The zero-order chi connectivity index (χ0) is 57.5. The van der Waals surface area contributed by atoms with Crippen LogP contribution in [-0.4, -0.2) is 21.2 Å². The molecule has 0 bridgehead atoms. The Hall–Kier alpha value is -9.64. The van der Waals surface area contributed by atoms with Gasteiger partial charge >= 0.3 is 0 Å². The molecule has 4 heterocycles. The third-order valence-corrected chi connectivity index (χ3v) is 17.7. The van der Waals surface area contributed by atoms with Gasteiger partial charge in [-0.1, -0.05) is 242 Å². The summed E-state index contributed by atoms with van der Waals surface area (Å²) < 4.78 is 9.64. The van der Waals surface area contributed by atoms with Crippen LogP contribution in [0.25, 0.3) is 142 Å². The van der Waals surface area contributed by atoms with Gasteiger partial charge in [-0.05, 0) is 100 Å². The van der Waals surface area contributed by atoms with Gasteiger partial charge in [0.05, 0.1) is 33.3 Å². The summed E-state index contributed by atoms with van der Waals surface area (Å²) in [4.78, 5) is 25.5. The predicted molar refractivity (Wildman–Crippen MR) is 368 cm³/mol. The lowest BCUT2D eigenvalue weighted by Gasteiger charge is -2.14. The number of anilines is 1. The lowest BCUT2D eigenvalue weighted by Crippen LogP contribution is -1.92. The van der Waals surface area contributed by atoms with Crippen LogP contribution in [0.4, 0.5) is 5.69 Å². The van der Waals surface area contributed by atoms with E-state index in [1.807, 2.05) is 84.9 Å². The number of furan rings is 1. The molecule has 6 nitrogen and oxygen atoms in total. The fourth-order valence-electron chi connectivity index (χ4n) is 11.5. The quantitative estimate of drug-likeness (QED) is 0.0820. The lowest BCUT2D eigenvalue weighted by atomic mass is 9.92. The molecule has 0 fully saturated rings. The highest BCUT2D eigenvalue weighted by Gasteiger charge is 2.19. The fraction of sp³-hybridized carbons (Fsp3) is 0. The number of benzene rings is 13. The topological polar surface area (TPSA) is 94.9 Å². The molecule has 4 aromatic heterocycles. The lowest BCUT2D eigenvalue weighted by molar-refractivity contribution is 0.112. The number of aldehydes is 1. The zero-order valence-electron chi connectivity index (χ0n) is 45.4. The molecule has 0 saturated heterocycles. The predicted octanol–water partition coefficient (Wildman–Crippen LogP) is 22.2. The smallest absolute Gasteiger partial charge is 0.151 e. The summed E-state index contributed by atoms with van der Waals surface area (Å²) >= 11 is 10.4. The van der Waals surface area contributed by atoms with Gasteiger partial charge < -0.3 is 10.2 Å². The van der Waals surface area contributed by atoms with Crippen molar-refractivity contribution < 1.29 is 9.21 Å². The van der Waals surface area contributed by atoms with Gasteiger partial charge in [0.2, 0.25) is 0 Å². The van der Waals surface area contributed by atoms with Crippen LogP contribution in [0.5, 0.6) is 0 Å². The van der Waals surface area contributed by atoms with Crippen molar-refractivity contribution in [3.8, 4) is 22.4 Å². The van der Waals surface area contributed by atoms with Gasteiger partial charge in [-0.3, -0.25) is 4.79 Å². The van der Waals surface area contributed by atoms with E-state index in [0.29, 0.717) is 5.56 Å². The minimum atomic E-state index is 0.692. The maximum atomic E-state index is 10.2. The van der Waals surface area contributed by atoms with Crippen LogP contribution in [0.3, 0.4) is 0 Å². The number of fused-ring (bicyclic) bond motifs is 16. The molecule has 85 heavy (non-hydrogen) atoms. The molecule has 0 amide bonds. The highest BCUT2D eigenvalue weighted by molar-refractivity contribution is 9.11. The number of carbonyl (C=O) groups is 1. The van der Waals surface area contributed by atoms with Crippen molar-refractivity contribution in [2.24, 2.45) is 0 Å². The summed E-state index contributed by atoms with van der Waals surface area (Å²) in [6.45, 7) is 0. The van der Waals surface area contributed by atoms with E-state index in [2.05, 4.69) is 224 Å². The molecule has 0 spiro atoms. The molecule has 2 N–H and O–H groups in total. The molecule has 0 radical (unpaired) electrons. The normalized spacial score (nSPS) is 11.3. The Morgan fingerprint density at radius 1 is 0.353 bits per heavy atom. The van der Waals surface area contributed by atoms with Crippen molar-refractivity contribution in [3.05, 3.63) is 286 Å². The second-order valence-electron chi connectivity index (χ2n) is 20.7. The molecule has 0 aliphatic heterocycles. The second-order valence-corrected chi connectivity index (χ2v) is 23.3. The number of halogens is 3.